The van der Waals surface area contributed by atoms with Crippen molar-refractivity contribution in [3.63, 3.8) is 0 Å². The average molecular weight is 336 g/mol. The highest BCUT2D eigenvalue weighted by atomic mass is 35.5. The summed E-state index contributed by atoms with van der Waals surface area (Å²) < 4.78 is 27.3. The predicted molar refractivity (Wildman–Crippen MR) is 81.0 cm³/mol. The predicted octanol–water partition coefficient (Wildman–Crippen LogP) is 4.42. The molecule has 0 spiro atoms. The average Bonchev–Trinajstić information content (AvgIpc) is 2.70. The summed E-state index contributed by atoms with van der Waals surface area (Å²) in [6.07, 6.45) is 0.902. The molecule has 0 aliphatic carbocycles. The molecular weight excluding hydrogens is 325 g/mol. The van der Waals surface area contributed by atoms with Gasteiger partial charge in [-0.25, -0.2) is 8.42 Å². The van der Waals surface area contributed by atoms with Gasteiger partial charge in [0.05, 0.1) is 4.34 Å². The Morgan fingerprint density at radius 3 is 2.32 bits per heavy atom. The third kappa shape index (κ3) is 3.42. The Morgan fingerprint density at radius 2 is 1.84 bits per heavy atom. The van der Waals surface area contributed by atoms with Crippen molar-refractivity contribution >= 4 is 50.2 Å². The number of sulfonamides is 1. The summed E-state index contributed by atoms with van der Waals surface area (Å²) in [7, 11) is -3.70. The number of hydrogen-bond donors (Lipinski definition) is 1. The smallest absolute Gasteiger partial charge is 0.264 e. The van der Waals surface area contributed by atoms with E-state index in [2.05, 4.69) is 4.72 Å². The lowest BCUT2D eigenvalue weighted by Gasteiger charge is -2.07. The van der Waals surface area contributed by atoms with Gasteiger partial charge in [0.1, 0.15) is 9.23 Å². The van der Waals surface area contributed by atoms with Crippen LogP contribution >= 0.6 is 34.5 Å². The second-order valence-corrected chi connectivity index (χ2v) is 7.78. The van der Waals surface area contributed by atoms with Crippen LogP contribution in [0.5, 0.6) is 0 Å². The maximum atomic E-state index is 12.1. The van der Waals surface area contributed by atoms with Gasteiger partial charge in [0.15, 0.2) is 0 Å². The molecule has 2 rings (SSSR count). The molecule has 0 aliphatic rings. The Bertz CT molecular complexity index is 678. The van der Waals surface area contributed by atoms with E-state index in [0.29, 0.717) is 10.0 Å². The van der Waals surface area contributed by atoms with Crippen molar-refractivity contribution in [2.45, 2.75) is 18.2 Å². The Hall–Kier alpha value is -0.750. The molecule has 0 saturated carbocycles. The largest absolute Gasteiger partial charge is 0.280 e. The first-order valence-electron chi connectivity index (χ1n) is 5.49. The SMILES string of the molecule is CCc1ccc(NS(=O)(=O)c2cc(Cl)sc2Cl)cc1. The van der Waals surface area contributed by atoms with Crippen LogP contribution < -0.4 is 4.72 Å². The first-order chi connectivity index (χ1) is 8.92. The molecule has 102 valence electrons. The third-order valence-corrected chi connectivity index (χ3v) is 5.66. The van der Waals surface area contributed by atoms with Crippen LogP contribution in [0, 0.1) is 0 Å². The van der Waals surface area contributed by atoms with Gasteiger partial charge in [-0.3, -0.25) is 4.72 Å². The fourth-order valence-electron chi connectivity index (χ4n) is 1.53. The molecular formula is C12H11Cl2NO2S2. The van der Waals surface area contributed by atoms with Crippen LogP contribution in [-0.4, -0.2) is 8.42 Å². The van der Waals surface area contributed by atoms with Crippen LogP contribution in [0.2, 0.25) is 8.67 Å². The number of anilines is 1. The van der Waals surface area contributed by atoms with Crippen LogP contribution in [0.3, 0.4) is 0 Å². The summed E-state index contributed by atoms with van der Waals surface area (Å²) in [6, 6.07) is 8.54. The molecule has 0 unspecified atom stereocenters. The van der Waals surface area contributed by atoms with Gasteiger partial charge in [-0.15, -0.1) is 11.3 Å². The second kappa shape index (κ2) is 5.71. The molecule has 0 fully saturated rings. The van der Waals surface area contributed by atoms with E-state index in [1.165, 1.54) is 6.07 Å². The molecule has 0 radical (unpaired) electrons. The van der Waals surface area contributed by atoms with Crippen LogP contribution in [0.25, 0.3) is 0 Å². The van der Waals surface area contributed by atoms with Gasteiger partial charge in [0, 0.05) is 5.69 Å². The molecule has 2 aromatic rings. The molecule has 1 aromatic heterocycles. The molecule has 0 amide bonds. The van der Waals surface area contributed by atoms with Gasteiger partial charge >= 0.3 is 0 Å². The number of hydrogen-bond acceptors (Lipinski definition) is 3. The lowest BCUT2D eigenvalue weighted by Crippen LogP contribution is -2.12. The van der Waals surface area contributed by atoms with E-state index in [4.69, 9.17) is 23.2 Å². The van der Waals surface area contributed by atoms with Crippen molar-refractivity contribution in [2.24, 2.45) is 0 Å². The maximum absolute atomic E-state index is 12.1. The van der Waals surface area contributed by atoms with Crippen molar-refractivity contribution < 1.29 is 8.42 Å². The molecule has 1 heterocycles. The Labute approximate surface area is 126 Å². The summed E-state index contributed by atoms with van der Waals surface area (Å²) in [4.78, 5) is 0.00346. The zero-order valence-electron chi connectivity index (χ0n) is 9.98. The normalized spacial score (nSPS) is 11.5. The fourth-order valence-corrected chi connectivity index (χ4v) is 4.74. The van der Waals surface area contributed by atoms with Crippen LogP contribution in [-0.2, 0) is 16.4 Å². The summed E-state index contributed by atoms with van der Waals surface area (Å²) in [6.45, 7) is 2.03. The third-order valence-electron chi connectivity index (χ3n) is 2.53. The van der Waals surface area contributed by atoms with Crippen molar-refractivity contribution in [2.75, 3.05) is 4.72 Å². The van der Waals surface area contributed by atoms with Crippen molar-refractivity contribution in [1.82, 2.24) is 0 Å². The minimum absolute atomic E-state index is 0.00346. The zero-order chi connectivity index (χ0) is 14.0. The lowest BCUT2D eigenvalue weighted by molar-refractivity contribution is 0.601. The minimum Gasteiger partial charge on any atom is -0.280 e. The highest BCUT2D eigenvalue weighted by Crippen LogP contribution is 2.35. The Balaban J connectivity index is 2.28. The number of halogens is 2. The van der Waals surface area contributed by atoms with Crippen molar-refractivity contribution in [3.8, 4) is 0 Å². The van der Waals surface area contributed by atoms with E-state index < -0.39 is 10.0 Å². The highest BCUT2D eigenvalue weighted by Gasteiger charge is 2.20. The molecule has 1 N–H and O–H groups in total. The van der Waals surface area contributed by atoms with Crippen molar-refractivity contribution in [1.29, 1.82) is 0 Å². The summed E-state index contributed by atoms with van der Waals surface area (Å²) in [5, 5.41) is 0. The topological polar surface area (TPSA) is 46.2 Å². The van der Waals surface area contributed by atoms with Crippen LogP contribution in [0.15, 0.2) is 35.2 Å². The molecule has 1 aromatic carbocycles. The monoisotopic (exact) mass is 335 g/mol. The van der Waals surface area contributed by atoms with Crippen LogP contribution in [0.1, 0.15) is 12.5 Å². The number of nitrogens with one attached hydrogen (secondary N) is 1. The summed E-state index contributed by atoms with van der Waals surface area (Å²) in [5.41, 5.74) is 1.63. The van der Waals surface area contributed by atoms with E-state index in [1.807, 2.05) is 19.1 Å². The van der Waals surface area contributed by atoms with Gasteiger partial charge in [-0.05, 0) is 30.2 Å². The molecule has 7 heteroatoms. The molecule has 3 nitrogen and oxygen atoms in total. The lowest BCUT2D eigenvalue weighted by atomic mass is 10.2. The first-order valence-corrected chi connectivity index (χ1v) is 8.54. The van der Waals surface area contributed by atoms with Gasteiger partial charge in [-0.1, -0.05) is 42.3 Å². The first kappa shape index (κ1) is 14.7. The van der Waals surface area contributed by atoms with E-state index in [-0.39, 0.29) is 9.23 Å². The molecule has 0 saturated heterocycles. The van der Waals surface area contributed by atoms with Gasteiger partial charge < -0.3 is 0 Å². The Kier molecular flexibility index (Phi) is 4.40. The van der Waals surface area contributed by atoms with E-state index in [1.54, 1.807) is 12.1 Å². The van der Waals surface area contributed by atoms with E-state index in [0.717, 1.165) is 23.3 Å². The number of aryl methyl sites for hydroxylation is 1. The zero-order valence-corrected chi connectivity index (χ0v) is 13.1. The van der Waals surface area contributed by atoms with Crippen LogP contribution in [0.4, 0.5) is 5.69 Å². The molecule has 0 aliphatic heterocycles. The van der Waals surface area contributed by atoms with Gasteiger partial charge in [0.25, 0.3) is 10.0 Å². The Morgan fingerprint density at radius 1 is 1.21 bits per heavy atom. The standard InChI is InChI=1S/C12H11Cl2NO2S2/c1-2-8-3-5-9(6-4-8)15-19(16,17)10-7-11(13)18-12(10)14/h3-7,15H,2H2,1H3. The highest BCUT2D eigenvalue weighted by molar-refractivity contribution is 7.93. The fraction of sp³-hybridized carbons (Fsp3) is 0.167. The van der Waals surface area contributed by atoms with Gasteiger partial charge in [0.2, 0.25) is 0 Å². The van der Waals surface area contributed by atoms with Gasteiger partial charge in [-0.2, -0.15) is 0 Å². The number of benzene rings is 1. The molecule has 0 atom stereocenters. The summed E-state index contributed by atoms with van der Waals surface area (Å²) in [5.74, 6) is 0. The minimum atomic E-state index is -3.70. The quantitative estimate of drug-likeness (QED) is 0.898. The molecule has 0 bridgehead atoms. The van der Waals surface area contributed by atoms with E-state index in [9.17, 15) is 8.42 Å². The number of thiophene rings is 1. The van der Waals surface area contributed by atoms with E-state index >= 15 is 0 Å². The van der Waals surface area contributed by atoms with Crippen molar-refractivity contribution in [3.05, 3.63) is 44.6 Å². The second-order valence-electron chi connectivity index (χ2n) is 3.84. The summed E-state index contributed by atoms with van der Waals surface area (Å²) >= 11 is 12.6. The molecule has 19 heavy (non-hydrogen) atoms. The number of rotatable bonds is 4. The maximum Gasteiger partial charge on any atom is 0.264 e.